The minimum Gasteiger partial charge on any atom is -0.381 e. The van der Waals surface area contributed by atoms with Crippen LogP contribution < -0.4 is 0 Å². The van der Waals surface area contributed by atoms with Crippen LogP contribution in [-0.2, 0) is 15.1 Å². The average molecular weight is 395 g/mol. The highest BCUT2D eigenvalue weighted by Crippen LogP contribution is 2.32. The Morgan fingerprint density at radius 2 is 1.41 bits per heavy atom. The minimum atomic E-state index is -1.66. The maximum atomic E-state index is 13.6. The molecule has 0 aromatic heterocycles. The number of ether oxygens (including phenoxy) is 1. The van der Waals surface area contributed by atoms with Gasteiger partial charge in [-0.2, -0.15) is 0 Å². The van der Waals surface area contributed by atoms with E-state index in [4.69, 9.17) is 4.74 Å². The molecule has 154 valence electrons. The summed E-state index contributed by atoms with van der Waals surface area (Å²) in [6.07, 6.45) is 2.25. The largest absolute Gasteiger partial charge is 0.381 e. The Morgan fingerprint density at radius 1 is 0.897 bits per heavy atom. The lowest BCUT2D eigenvalue weighted by Crippen LogP contribution is -2.55. The van der Waals surface area contributed by atoms with Gasteiger partial charge in [0.25, 0.3) is 5.91 Å². The van der Waals surface area contributed by atoms with Crippen molar-refractivity contribution in [2.45, 2.75) is 18.4 Å². The number of carbonyl (C=O) groups is 1. The van der Waals surface area contributed by atoms with Crippen LogP contribution in [-0.4, -0.2) is 66.8 Å². The summed E-state index contributed by atoms with van der Waals surface area (Å²) in [6, 6.07) is 18.6. The van der Waals surface area contributed by atoms with Crippen LogP contribution in [0.4, 0.5) is 0 Å². The van der Waals surface area contributed by atoms with Crippen LogP contribution in [0.1, 0.15) is 24.0 Å². The number of rotatable bonds is 5. The molecule has 29 heavy (non-hydrogen) atoms. The van der Waals surface area contributed by atoms with Crippen molar-refractivity contribution in [2.75, 3.05) is 45.9 Å². The van der Waals surface area contributed by atoms with Gasteiger partial charge < -0.3 is 14.7 Å². The van der Waals surface area contributed by atoms with E-state index in [0.717, 1.165) is 45.7 Å². The first kappa shape index (κ1) is 20.1. The van der Waals surface area contributed by atoms with Crippen LogP contribution in [0, 0.1) is 5.92 Å². The van der Waals surface area contributed by atoms with Gasteiger partial charge in [-0.3, -0.25) is 9.69 Å². The summed E-state index contributed by atoms with van der Waals surface area (Å²) in [6.45, 7) is 5.79. The summed E-state index contributed by atoms with van der Waals surface area (Å²) in [5.74, 6) is 0.456. The highest BCUT2D eigenvalue weighted by Gasteiger charge is 2.43. The predicted octanol–water partition coefficient (Wildman–Crippen LogP) is 2.49. The summed E-state index contributed by atoms with van der Waals surface area (Å²) in [5, 5.41) is 11.7. The molecule has 2 saturated heterocycles. The summed E-state index contributed by atoms with van der Waals surface area (Å²) in [7, 11) is 0. The molecule has 0 unspecified atom stereocenters. The fourth-order valence-corrected chi connectivity index (χ4v) is 4.43. The van der Waals surface area contributed by atoms with Crippen LogP contribution in [0.15, 0.2) is 60.7 Å². The van der Waals surface area contributed by atoms with Crippen molar-refractivity contribution in [2.24, 2.45) is 5.92 Å². The summed E-state index contributed by atoms with van der Waals surface area (Å²) in [5.41, 5.74) is -0.438. The topological polar surface area (TPSA) is 53.0 Å². The van der Waals surface area contributed by atoms with Crippen molar-refractivity contribution in [3.63, 3.8) is 0 Å². The molecule has 5 heteroatoms. The Balaban J connectivity index is 1.48. The second-order valence-corrected chi connectivity index (χ2v) is 8.09. The first-order chi connectivity index (χ1) is 14.2. The second kappa shape index (κ2) is 9.08. The molecule has 4 rings (SSSR count). The molecule has 2 heterocycles. The zero-order valence-electron chi connectivity index (χ0n) is 16.9. The van der Waals surface area contributed by atoms with Gasteiger partial charge in [-0.15, -0.1) is 0 Å². The van der Waals surface area contributed by atoms with Gasteiger partial charge in [0.2, 0.25) is 0 Å². The molecular weight excluding hydrogens is 364 g/mol. The molecule has 2 aliphatic rings. The van der Waals surface area contributed by atoms with E-state index >= 15 is 0 Å². The number of nitrogens with zero attached hydrogens (tertiary/aromatic N) is 2. The third kappa shape index (κ3) is 4.37. The van der Waals surface area contributed by atoms with E-state index in [1.807, 2.05) is 65.6 Å². The molecule has 5 nitrogen and oxygen atoms in total. The average Bonchev–Trinajstić information content (AvgIpc) is 2.80. The Bertz CT molecular complexity index is 743. The zero-order chi connectivity index (χ0) is 20.1. The van der Waals surface area contributed by atoms with E-state index in [1.54, 1.807) is 0 Å². The van der Waals surface area contributed by atoms with Crippen molar-refractivity contribution in [3.05, 3.63) is 71.8 Å². The molecule has 0 saturated carbocycles. The Kier molecular flexibility index (Phi) is 6.28. The monoisotopic (exact) mass is 394 g/mol. The summed E-state index contributed by atoms with van der Waals surface area (Å²) in [4.78, 5) is 17.8. The zero-order valence-corrected chi connectivity index (χ0v) is 16.9. The standard InChI is InChI=1S/C24H30N2O3/c27-23(26-15-13-25(14-16-26)19-20-11-17-29-18-12-20)24(28,21-7-3-1-4-8-21)22-9-5-2-6-10-22/h1-10,20,28H,11-19H2. The highest BCUT2D eigenvalue weighted by atomic mass is 16.5. The molecule has 0 radical (unpaired) electrons. The van der Waals surface area contributed by atoms with Crippen LogP contribution in [0.2, 0.25) is 0 Å². The minimum absolute atomic E-state index is 0.236. The Labute approximate surface area is 172 Å². The molecule has 2 aromatic rings. The first-order valence-corrected chi connectivity index (χ1v) is 10.6. The van der Waals surface area contributed by atoms with Crippen molar-refractivity contribution < 1.29 is 14.6 Å². The van der Waals surface area contributed by atoms with E-state index in [-0.39, 0.29) is 5.91 Å². The van der Waals surface area contributed by atoms with Crippen LogP contribution in [0.3, 0.4) is 0 Å². The van der Waals surface area contributed by atoms with Crippen molar-refractivity contribution in [1.82, 2.24) is 9.80 Å². The van der Waals surface area contributed by atoms with Crippen LogP contribution in [0.25, 0.3) is 0 Å². The quantitative estimate of drug-likeness (QED) is 0.847. The molecule has 2 fully saturated rings. The predicted molar refractivity (Wildman–Crippen MR) is 112 cm³/mol. The van der Waals surface area contributed by atoms with Crippen molar-refractivity contribution in [3.8, 4) is 0 Å². The van der Waals surface area contributed by atoms with E-state index in [2.05, 4.69) is 4.90 Å². The van der Waals surface area contributed by atoms with Crippen LogP contribution in [0.5, 0.6) is 0 Å². The number of benzene rings is 2. The fraction of sp³-hybridized carbons (Fsp3) is 0.458. The molecule has 0 bridgehead atoms. The van der Waals surface area contributed by atoms with Gasteiger partial charge >= 0.3 is 0 Å². The highest BCUT2D eigenvalue weighted by molar-refractivity contribution is 5.90. The van der Waals surface area contributed by atoms with E-state index < -0.39 is 5.60 Å². The Hall–Kier alpha value is -2.21. The lowest BCUT2D eigenvalue weighted by Gasteiger charge is -2.40. The first-order valence-electron chi connectivity index (χ1n) is 10.6. The number of carbonyl (C=O) groups excluding carboxylic acids is 1. The molecule has 1 N–H and O–H groups in total. The third-order valence-electron chi connectivity index (χ3n) is 6.21. The maximum Gasteiger partial charge on any atom is 0.264 e. The summed E-state index contributed by atoms with van der Waals surface area (Å²) < 4.78 is 5.46. The molecule has 0 spiro atoms. The molecule has 1 amide bonds. The van der Waals surface area contributed by atoms with E-state index in [9.17, 15) is 9.90 Å². The van der Waals surface area contributed by atoms with Crippen LogP contribution >= 0.6 is 0 Å². The number of hydrogen-bond donors (Lipinski definition) is 1. The SMILES string of the molecule is O=C(N1CCN(CC2CCOCC2)CC1)C(O)(c1ccccc1)c1ccccc1. The van der Waals surface area contributed by atoms with Gasteiger partial charge in [-0.25, -0.2) is 0 Å². The van der Waals surface area contributed by atoms with E-state index in [1.165, 1.54) is 0 Å². The number of piperazine rings is 1. The Morgan fingerprint density at radius 3 is 1.93 bits per heavy atom. The van der Waals surface area contributed by atoms with E-state index in [0.29, 0.717) is 30.1 Å². The maximum absolute atomic E-state index is 13.6. The van der Waals surface area contributed by atoms with Gasteiger partial charge in [0.05, 0.1) is 0 Å². The van der Waals surface area contributed by atoms with Gasteiger partial charge in [0.15, 0.2) is 5.60 Å². The molecule has 0 aliphatic carbocycles. The number of hydrogen-bond acceptors (Lipinski definition) is 4. The molecular formula is C24H30N2O3. The molecule has 2 aromatic carbocycles. The smallest absolute Gasteiger partial charge is 0.264 e. The fourth-order valence-electron chi connectivity index (χ4n) is 4.43. The third-order valence-corrected chi connectivity index (χ3v) is 6.21. The van der Waals surface area contributed by atoms with Gasteiger partial charge in [-0.1, -0.05) is 60.7 Å². The van der Waals surface area contributed by atoms with Gasteiger partial charge in [0, 0.05) is 45.9 Å². The number of amides is 1. The van der Waals surface area contributed by atoms with Crippen molar-refractivity contribution >= 4 is 5.91 Å². The van der Waals surface area contributed by atoms with Gasteiger partial charge in [0.1, 0.15) is 0 Å². The normalized spacial score (nSPS) is 19.3. The van der Waals surface area contributed by atoms with Gasteiger partial charge in [-0.05, 0) is 29.9 Å². The molecule has 0 atom stereocenters. The van der Waals surface area contributed by atoms with Crippen molar-refractivity contribution in [1.29, 1.82) is 0 Å². The number of aliphatic hydroxyl groups is 1. The molecule has 2 aliphatic heterocycles. The lowest BCUT2D eigenvalue weighted by molar-refractivity contribution is -0.150. The lowest BCUT2D eigenvalue weighted by atomic mass is 9.85. The summed E-state index contributed by atoms with van der Waals surface area (Å²) >= 11 is 0. The second-order valence-electron chi connectivity index (χ2n) is 8.09.